The summed E-state index contributed by atoms with van der Waals surface area (Å²) >= 11 is 5.97. The fraction of sp³-hybridized carbons (Fsp3) is 0.538. The monoisotopic (exact) mass is 223 g/mol. The summed E-state index contributed by atoms with van der Waals surface area (Å²) in [7, 11) is 0. The molecule has 2 atom stereocenters. The van der Waals surface area contributed by atoms with E-state index in [2.05, 4.69) is 24.4 Å². The van der Waals surface area contributed by atoms with Gasteiger partial charge < -0.3 is 5.32 Å². The molecule has 1 fully saturated rings. The van der Waals surface area contributed by atoms with Crippen LogP contribution < -0.4 is 5.32 Å². The molecular weight excluding hydrogens is 206 g/mol. The maximum absolute atomic E-state index is 5.97. The van der Waals surface area contributed by atoms with Crippen LogP contribution in [-0.2, 0) is 6.42 Å². The van der Waals surface area contributed by atoms with Crippen molar-refractivity contribution in [1.82, 2.24) is 5.32 Å². The van der Waals surface area contributed by atoms with Crippen molar-refractivity contribution in [3.63, 3.8) is 0 Å². The molecule has 1 aliphatic rings. The lowest BCUT2D eigenvalue weighted by Gasteiger charge is -2.19. The van der Waals surface area contributed by atoms with Crippen molar-refractivity contribution in [2.45, 2.75) is 32.2 Å². The molecule has 1 nitrogen and oxygen atoms in total. The summed E-state index contributed by atoms with van der Waals surface area (Å²) in [6, 6.07) is 8.91. The van der Waals surface area contributed by atoms with Crippen molar-refractivity contribution < 1.29 is 0 Å². The van der Waals surface area contributed by atoms with Gasteiger partial charge in [0.15, 0.2) is 0 Å². The van der Waals surface area contributed by atoms with Crippen LogP contribution in [0.4, 0.5) is 0 Å². The molecule has 0 saturated carbocycles. The van der Waals surface area contributed by atoms with Crippen LogP contribution in [0.1, 0.15) is 25.3 Å². The zero-order valence-corrected chi connectivity index (χ0v) is 9.93. The summed E-state index contributed by atoms with van der Waals surface area (Å²) in [4.78, 5) is 0. The largest absolute Gasteiger partial charge is 0.314 e. The first-order chi connectivity index (χ1) is 7.25. The normalized spacial score (nSPS) is 22.9. The summed E-state index contributed by atoms with van der Waals surface area (Å²) in [5.74, 6) is 0.700. The minimum absolute atomic E-state index is 0.698. The zero-order valence-electron chi connectivity index (χ0n) is 9.17. The Bertz CT molecular complexity index is 318. The minimum Gasteiger partial charge on any atom is -0.314 e. The molecule has 0 amide bonds. The van der Waals surface area contributed by atoms with Crippen LogP contribution >= 0.6 is 11.6 Å². The van der Waals surface area contributed by atoms with E-state index in [0.717, 1.165) is 11.4 Å². The van der Waals surface area contributed by atoms with Gasteiger partial charge in [-0.25, -0.2) is 0 Å². The van der Waals surface area contributed by atoms with Gasteiger partial charge in [0.25, 0.3) is 0 Å². The van der Waals surface area contributed by atoms with Crippen LogP contribution in [0.3, 0.4) is 0 Å². The van der Waals surface area contributed by atoms with Gasteiger partial charge in [-0.15, -0.1) is 0 Å². The number of rotatable bonds is 3. The second kappa shape index (κ2) is 5.00. The Morgan fingerprint density at radius 3 is 3.07 bits per heavy atom. The van der Waals surface area contributed by atoms with Crippen LogP contribution in [0, 0.1) is 5.92 Å². The SMILES string of the molecule is CC(Cc1cccc(Cl)c1)C1CCCN1. The van der Waals surface area contributed by atoms with Crippen molar-refractivity contribution >= 4 is 11.6 Å². The number of hydrogen-bond donors (Lipinski definition) is 1. The first-order valence-electron chi connectivity index (χ1n) is 5.73. The van der Waals surface area contributed by atoms with Crippen molar-refractivity contribution in [2.75, 3.05) is 6.54 Å². The van der Waals surface area contributed by atoms with Crippen LogP contribution in [0.25, 0.3) is 0 Å². The Kier molecular flexibility index (Phi) is 3.66. The fourth-order valence-electron chi connectivity index (χ4n) is 2.38. The molecule has 82 valence electrons. The fourth-order valence-corrected chi connectivity index (χ4v) is 2.59. The Morgan fingerprint density at radius 2 is 2.40 bits per heavy atom. The average molecular weight is 224 g/mol. The Labute approximate surface area is 96.8 Å². The number of nitrogens with one attached hydrogen (secondary N) is 1. The molecule has 1 aliphatic heterocycles. The highest BCUT2D eigenvalue weighted by molar-refractivity contribution is 6.30. The Morgan fingerprint density at radius 1 is 1.53 bits per heavy atom. The van der Waals surface area contributed by atoms with Crippen molar-refractivity contribution in [3.8, 4) is 0 Å². The van der Waals surface area contributed by atoms with E-state index in [4.69, 9.17) is 11.6 Å². The summed E-state index contributed by atoms with van der Waals surface area (Å²) in [6.45, 7) is 3.51. The molecule has 0 radical (unpaired) electrons. The van der Waals surface area contributed by atoms with Gasteiger partial charge in [-0.3, -0.25) is 0 Å². The van der Waals surface area contributed by atoms with Crippen molar-refractivity contribution in [3.05, 3.63) is 34.9 Å². The third-order valence-corrected chi connectivity index (χ3v) is 3.47. The van der Waals surface area contributed by atoms with Gasteiger partial charge in [-0.05, 0) is 49.4 Å². The molecule has 1 heterocycles. The lowest BCUT2D eigenvalue weighted by Crippen LogP contribution is -2.29. The highest BCUT2D eigenvalue weighted by Gasteiger charge is 2.20. The third kappa shape index (κ3) is 2.96. The van der Waals surface area contributed by atoms with E-state index < -0.39 is 0 Å². The predicted octanol–water partition coefficient (Wildman–Crippen LogP) is 3.27. The second-order valence-electron chi connectivity index (χ2n) is 4.51. The molecular formula is C13H18ClN. The topological polar surface area (TPSA) is 12.0 Å². The summed E-state index contributed by atoms with van der Waals surface area (Å²) in [5.41, 5.74) is 1.35. The van der Waals surface area contributed by atoms with Gasteiger partial charge in [-0.1, -0.05) is 30.7 Å². The number of hydrogen-bond acceptors (Lipinski definition) is 1. The van der Waals surface area contributed by atoms with E-state index >= 15 is 0 Å². The van der Waals surface area contributed by atoms with Gasteiger partial charge >= 0.3 is 0 Å². The average Bonchev–Trinajstić information content (AvgIpc) is 2.70. The van der Waals surface area contributed by atoms with Gasteiger partial charge in [0, 0.05) is 11.1 Å². The van der Waals surface area contributed by atoms with Crippen LogP contribution in [0.2, 0.25) is 5.02 Å². The molecule has 1 N–H and O–H groups in total. The van der Waals surface area contributed by atoms with Crippen LogP contribution in [-0.4, -0.2) is 12.6 Å². The summed E-state index contributed by atoms with van der Waals surface area (Å²) in [6.07, 6.45) is 3.77. The highest BCUT2D eigenvalue weighted by atomic mass is 35.5. The van der Waals surface area contributed by atoms with Gasteiger partial charge in [0.1, 0.15) is 0 Å². The van der Waals surface area contributed by atoms with Gasteiger partial charge in [0.05, 0.1) is 0 Å². The molecule has 15 heavy (non-hydrogen) atoms. The molecule has 2 heteroatoms. The standard InChI is InChI=1S/C13H18ClN/c1-10(13-6-3-7-15-13)8-11-4-2-5-12(14)9-11/h2,4-5,9-10,13,15H,3,6-8H2,1H3. The quantitative estimate of drug-likeness (QED) is 0.830. The first-order valence-corrected chi connectivity index (χ1v) is 6.11. The molecule has 1 aromatic rings. The molecule has 1 saturated heterocycles. The predicted molar refractivity (Wildman–Crippen MR) is 65.3 cm³/mol. The lowest BCUT2D eigenvalue weighted by molar-refractivity contribution is 0.417. The van der Waals surface area contributed by atoms with Gasteiger partial charge in [-0.2, -0.15) is 0 Å². The van der Waals surface area contributed by atoms with Gasteiger partial charge in [0.2, 0.25) is 0 Å². The van der Waals surface area contributed by atoms with E-state index in [0.29, 0.717) is 12.0 Å². The molecule has 0 spiro atoms. The maximum atomic E-state index is 5.97. The minimum atomic E-state index is 0.698. The number of benzene rings is 1. The van der Waals surface area contributed by atoms with E-state index in [1.54, 1.807) is 0 Å². The Balaban J connectivity index is 1.95. The smallest absolute Gasteiger partial charge is 0.0408 e. The van der Waals surface area contributed by atoms with Crippen LogP contribution in [0.5, 0.6) is 0 Å². The zero-order chi connectivity index (χ0) is 10.7. The first kappa shape index (κ1) is 11.0. The molecule has 1 aromatic carbocycles. The van der Waals surface area contributed by atoms with E-state index in [1.165, 1.54) is 24.9 Å². The Hall–Kier alpha value is -0.530. The lowest BCUT2D eigenvalue weighted by atomic mass is 9.93. The van der Waals surface area contributed by atoms with E-state index in [9.17, 15) is 0 Å². The molecule has 2 rings (SSSR count). The van der Waals surface area contributed by atoms with Crippen molar-refractivity contribution in [1.29, 1.82) is 0 Å². The molecule has 0 aliphatic carbocycles. The van der Waals surface area contributed by atoms with Crippen LogP contribution in [0.15, 0.2) is 24.3 Å². The van der Waals surface area contributed by atoms with E-state index in [1.807, 2.05) is 12.1 Å². The molecule has 0 aromatic heterocycles. The second-order valence-corrected chi connectivity index (χ2v) is 4.95. The highest BCUT2D eigenvalue weighted by Crippen LogP contribution is 2.20. The van der Waals surface area contributed by atoms with Crippen molar-refractivity contribution in [2.24, 2.45) is 5.92 Å². The van der Waals surface area contributed by atoms with E-state index in [-0.39, 0.29) is 0 Å². The summed E-state index contributed by atoms with van der Waals surface area (Å²) < 4.78 is 0. The summed E-state index contributed by atoms with van der Waals surface area (Å²) in [5, 5.41) is 4.40. The molecule has 2 unspecified atom stereocenters. The number of halogens is 1. The molecule has 0 bridgehead atoms. The maximum Gasteiger partial charge on any atom is 0.0408 e. The third-order valence-electron chi connectivity index (χ3n) is 3.23.